The van der Waals surface area contributed by atoms with Gasteiger partial charge in [-0.1, -0.05) is 24.3 Å². The van der Waals surface area contributed by atoms with Crippen LogP contribution in [-0.4, -0.2) is 90.7 Å². The number of aliphatic hydroxyl groups is 2. The molecule has 0 aromatic rings. The Hall–Kier alpha value is 1.30. The Balaban J connectivity index is 0. The van der Waals surface area contributed by atoms with Crippen molar-refractivity contribution in [1.82, 2.24) is 0 Å². The van der Waals surface area contributed by atoms with Crippen molar-refractivity contribution in [2.75, 3.05) is 13.2 Å². The van der Waals surface area contributed by atoms with Gasteiger partial charge in [-0.3, -0.25) is 4.57 Å². The van der Waals surface area contributed by atoms with Gasteiger partial charge in [0.15, 0.2) is 0 Å². The van der Waals surface area contributed by atoms with Crippen LogP contribution in [0.15, 0.2) is 24.3 Å². The summed E-state index contributed by atoms with van der Waals surface area (Å²) in [6.07, 6.45) is 3.21. The summed E-state index contributed by atoms with van der Waals surface area (Å²) in [7, 11) is -10.5. The molecule has 0 aliphatic rings. The van der Waals surface area contributed by atoms with Crippen molar-refractivity contribution < 1.29 is 42.9 Å². The van der Waals surface area contributed by atoms with Crippen LogP contribution in [0, 0.1) is 0 Å². The van der Waals surface area contributed by atoms with Crippen LogP contribution in [0.1, 0.15) is 0 Å². The van der Waals surface area contributed by atoms with Gasteiger partial charge in [0.1, 0.15) is 6.10 Å². The second kappa shape index (κ2) is 10.9. The summed E-state index contributed by atoms with van der Waals surface area (Å²) in [5, 5.41) is 17.0. The third-order valence-electron chi connectivity index (χ3n) is 1.32. The molecule has 0 fully saturated rings. The van der Waals surface area contributed by atoms with Crippen molar-refractivity contribution in [3.63, 3.8) is 0 Å². The van der Waals surface area contributed by atoms with E-state index in [4.69, 9.17) is 20.0 Å². The Labute approximate surface area is 152 Å². The molecule has 0 rings (SSSR count). The van der Waals surface area contributed by atoms with Gasteiger partial charge < -0.3 is 29.4 Å². The molecule has 0 aromatic carbocycles. The molecule has 0 amide bonds. The van der Waals surface area contributed by atoms with Gasteiger partial charge in [0.05, 0.1) is 13.2 Å². The van der Waals surface area contributed by atoms with E-state index in [0.717, 1.165) is 24.3 Å². The molecule has 0 spiro atoms. The van der Waals surface area contributed by atoms with Crippen LogP contribution in [-0.2, 0) is 18.0 Å². The summed E-state index contributed by atoms with van der Waals surface area (Å²) in [5.41, 5.74) is 0. The summed E-state index contributed by atoms with van der Waals surface area (Å²) < 4.78 is 29.2. The standard InChI is InChI=1S/C7H14O9P2.K/c8-5-1-3-7(4-2-6-9)15-18(13,14)16-17(10,11)12;/h1-4,7-9H,5-6H2,(H,13,14)(H2,10,11,12);/p-1. The zero-order valence-electron chi connectivity index (χ0n) is 10.0. The molecule has 107 valence electrons. The topological polar surface area (TPSA) is 157 Å². The van der Waals surface area contributed by atoms with E-state index >= 15 is 0 Å². The van der Waals surface area contributed by atoms with E-state index < -0.39 is 35.0 Å². The van der Waals surface area contributed by atoms with Gasteiger partial charge in [-0.05, 0) is 0 Å². The number of hydrogen-bond acceptors (Lipinski definition) is 7. The van der Waals surface area contributed by atoms with Gasteiger partial charge in [0.25, 0.3) is 7.82 Å². The Kier molecular flexibility index (Phi) is 13.0. The molecular weight excluding hydrogens is 329 g/mol. The van der Waals surface area contributed by atoms with E-state index in [1.54, 1.807) is 0 Å². The summed E-state index contributed by atoms with van der Waals surface area (Å²) in [4.78, 5) is 27.8. The van der Waals surface area contributed by atoms with Gasteiger partial charge in [0, 0.05) is 51.4 Å². The number of rotatable bonds is 8. The number of phosphoric acid groups is 2. The zero-order chi connectivity index (χ0) is 14.2. The van der Waals surface area contributed by atoms with Crippen molar-refractivity contribution in [1.29, 1.82) is 0 Å². The fraction of sp³-hybridized carbons (Fsp3) is 0.429. The van der Waals surface area contributed by atoms with Gasteiger partial charge in [-0.25, -0.2) is 8.88 Å². The van der Waals surface area contributed by atoms with E-state index in [-0.39, 0.29) is 51.4 Å². The average molecular weight is 342 g/mol. The smallest absolute Gasteiger partial charge is 0.476 e. The first-order valence-corrected chi connectivity index (χ1v) is 7.50. The largest absolute Gasteiger partial charge is 0.756 e. The molecule has 0 aliphatic heterocycles. The van der Waals surface area contributed by atoms with Crippen LogP contribution in [0.3, 0.4) is 0 Å². The van der Waals surface area contributed by atoms with E-state index in [2.05, 4.69) is 8.83 Å². The molecule has 9 nitrogen and oxygen atoms in total. The number of aliphatic hydroxyl groups excluding tert-OH is 2. The zero-order valence-corrected chi connectivity index (χ0v) is 14.9. The van der Waals surface area contributed by atoms with Crippen LogP contribution < -0.4 is 4.89 Å². The Morgan fingerprint density at radius 3 is 1.84 bits per heavy atom. The Morgan fingerprint density at radius 1 is 1.11 bits per heavy atom. The minimum atomic E-state index is -5.24. The fourth-order valence-electron chi connectivity index (χ4n) is 0.823. The predicted octanol–water partition coefficient (Wildman–Crippen LogP) is -1.33. The fourth-order valence-corrected chi connectivity index (χ4v) is 2.46. The van der Waals surface area contributed by atoms with Crippen molar-refractivity contribution in [3.05, 3.63) is 24.3 Å². The molecule has 0 bridgehead atoms. The van der Waals surface area contributed by atoms with E-state index in [0.29, 0.717) is 0 Å². The molecular formula is C7H13KO9P2-. The Bertz CT molecular complexity index is 376. The van der Waals surface area contributed by atoms with Crippen LogP contribution >= 0.6 is 15.6 Å². The van der Waals surface area contributed by atoms with Crippen molar-refractivity contribution >= 4 is 67.0 Å². The summed E-state index contributed by atoms with van der Waals surface area (Å²) in [6.45, 7) is -0.787. The summed E-state index contributed by atoms with van der Waals surface area (Å²) in [5.74, 6) is 0. The quantitative estimate of drug-likeness (QED) is 0.238. The molecule has 1 radical (unpaired) electrons. The maximum atomic E-state index is 11.1. The molecule has 0 aliphatic carbocycles. The molecule has 0 aromatic heterocycles. The van der Waals surface area contributed by atoms with Crippen LogP contribution in [0.2, 0.25) is 0 Å². The maximum Gasteiger partial charge on any atom is 0.476 e. The van der Waals surface area contributed by atoms with E-state index in [1.165, 1.54) is 0 Å². The second-order valence-electron chi connectivity index (χ2n) is 2.81. The van der Waals surface area contributed by atoms with E-state index in [1.807, 2.05) is 0 Å². The third-order valence-corrected chi connectivity index (χ3v) is 3.47. The summed E-state index contributed by atoms with van der Waals surface area (Å²) >= 11 is 0. The SMILES string of the molecule is O=P(O)(O)OP(=O)([O-])OC(C=CCO)C=CCO.[K]. The monoisotopic (exact) mass is 342 g/mol. The minimum absolute atomic E-state index is 0. The van der Waals surface area contributed by atoms with Gasteiger partial charge in [-0.15, -0.1) is 0 Å². The molecule has 0 saturated heterocycles. The molecule has 1 atom stereocenters. The van der Waals surface area contributed by atoms with Crippen molar-refractivity contribution in [2.24, 2.45) is 0 Å². The van der Waals surface area contributed by atoms with Gasteiger partial charge in [-0.2, -0.15) is 0 Å². The number of phosphoric ester groups is 1. The van der Waals surface area contributed by atoms with E-state index in [9.17, 15) is 14.0 Å². The van der Waals surface area contributed by atoms with Crippen molar-refractivity contribution in [3.8, 4) is 0 Å². The molecule has 1 unspecified atom stereocenters. The second-order valence-corrected chi connectivity index (χ2v) is 5.55. The van der Waals surface area contributed by atoms with Crippen LogP contribution in [0.5, 0.6) is 0 Å². The third kappa shape index (κ3) is 14.0. The molecule has 0 saturated carbocycles. The number of hydrogen-bond donors (Lipinski definition) is 4. The molecule has 4 N–H and O–H groups in total. The molecule has 19 heavy (non-hydrogen) atoms. The predicted molar refractivity (Wildman–Crippen MR) is 63.8 cm³/mol. The normalized spacial score (nSPS) is 17.3. The van der Waals surface area contributed by atoms with Gasteiger partial charge >= 0.3 is 7.82 Å². The summed E-state index contributed by atoms with van der Waals surface area (Å²) in [6, 6.07) is 0. The average Bonchev–Trinajstić information content (AvgIpc) is 2.18. The first kappa shape index (κ1) is 22.6. The van der Waals surface area contributed by atoms with Crippen LogP contribution in [0.25, 0.3) is 0 Å². The maximum absolute atomic E-state index is 11.1. The Morgan fingerprint density at radius 2 is 1.53 bits per heavy atom. The molecule has 12 heteroatoms. The first-order chi connectivity index (χ1) is 8.20. The van der Waals surface area contributed by atoms with Crippen LogP contribution in [0.4, 0.5) is 0 Å². The van der Waals surface area contributed by atoms with Crippen molar-refractivity contribution in [2.45, 2.75) is 6.10 Å². The first-order valence-electron chi connectivity index (χ1n) is 4.51. The molecule has 0 heterocycles. The minimum Gasteiger partial charge on any atom is -0.756 e. The van der Waals surface area contributed by atoms with Gasteiger partial charge in [0.2, 0.25) is 0 Å².